The van der Waals surface area contributed by atoms with Gasteiger partial charge in [-0.05, 0) is 78.8 Å². The number of nitrogens with zero attached hydrogens (tertiary/aromatic N) is 1. The molecule has 1 heterocycles. The van der Waals surface area contributed by atoms with E-state index in [4.69, 9.17) is 4.74 Å². The van der Waals surface area contributed by atoms with Gasteiger partial charge in [-0.2, -0.15) is 13.2 Å². The third kappa shape index (κ3) is 5.16. The topological polar surface area (TPSA) is 66.8 Å². The van der Waals surface area contributed by atoms with Crippen LogP contribution in [0.25, 0.3) is 5.57 Å². The second-order valence-corrected chi connectivity index (χ2v) is 9.51. The third-order valence-corrected chi connectivity index (χ3v) is 7.12. The van der Waals surface area contributed by atoms with Crippen LogP contribution in [0.1, 0.15) is 59.2 Å². The molecule has 196 valence electrons. The number of aromatic carboxylic acids is 1. The largest absolute Gasteiger partial charge is 0.488 e. The van der Waals surface area contributed by atoms with Crippen LogP contribution < -0.4 is 9.64 Å². The molecule has 0 bridgehead atoms. The van der Waals surface area contributed by atoms with Crippen LogP contribution in [0, 0.1) is 0 Å². The van der Waals surface area contributed by atoms with Gasteiger partial charge in [0.1, 0.15) is 12.4 Å². The van der Waals surface area contributed by atoms with Crippen molar-refractivity contribution in [2.45, 2.75) is 50.9 Å². The lowest BCUT2D eigenvalue weighted by atomic mass is 9.93. The standard InChI is InChI=1S/C30H26F3NO4/c31-30(32,33)21-12-14-27(38-18-19-6-2-1-3-7-19)25(17-21)23-10-5-11-24(23)26-13-15-28(35)34(26)22-9-4-8-20(16-22)29(36)37/h1-4,6-9,12,14,16-17,26H,5,10-11,13,15,18H2,(H,36,37). The normalized spacial score (nSPS) is 17.8. The first-order chi connectivity index (χ1) is 18.2. The minimum absolute atomic E-state index is 0.0658. The van der Waals surface area contributed by atoms with Gasteiger partial charge in [0.2, 0.25) is 5.91 Å². The van der Waals surface area contributed by atoms with Crippen molar-refractivity contribution in [2.75, 3.05) is 4.90 Å². The monoisotopic (exact) mass is 521 g/mol. The highest BCUT2D eigenvalue weighted by Gasteiger charge is 2.38. The van der Waals surface area contributed by atoms with E-state index in [2.05, 4.69) is 0 Å². The molecule has 5 rings (SSSR count). The Hall–Kier alpha value is -4.07. The summed E-state index contributed by atoms with van der Waals surface area (Å²) < 4.78 is 47.2. The smallest absolute Gasteiger partial charge is 0.416 e. The summed E-state index contributed by atoms with van der Waals surface area (Å²) >= 11 is 0. The SMILES string of the molecule is O=C(O)c1cccc(N2C(=O)CCC2C2=C(c3cc(C(F)(F)F)ccc3OCc3ccccc3)CCC2)c1. The molecule has 2 aliphatic rings. The van der Waals surface area contributed by atoms with E-state index in [-0.39, 0.29) is 30.5 Å². The van der Waals surface area contributed by atoms with Gasteiger partial charge in [0.25, 0.3) is 0 Å². The van der Waals surface area contributed by atoms with Gasteiger partial charge >= 0.3 is 12.1 Å². The van der Waals surface area contributed by atoms with Gasteiger partial charge in [-0.15, -0.1) is 0 Å². The highest BCUT2D eigenvalue weighted by Crippen LogP contribution is 2.45. The summed E-state index contributed by atoms with van der Waals surface area (Å²) in [6.07, 6.45) is -1.79. The Bertz CT molecular complexity index is 1400. The number of carbonyl (C=O) groups excluding carboxylic acids is 1. The number of hydrogen-bond donors (Lipinski definition) is 1. The van der Waals surface area contributed by atoms with Crippen molar-refractivity contribution in [2.24, 2.45) is 0 Å². The van der Waals surface area contributed by atoms with E-state index < -0.39 is 17.7 Å². The minimum Gasteiger partial charge on any atom is -0.488 e. The Morgan fingerprint density at radius 1 is 0.974 bits per heavy atom. The molecule has 1 fully saturated rings. The van der Waals surface area contributed by atoms with Crippen molar-refractivity contribution in [3.63, 3.8) is 0 Å². The predicted octanol–water partition coefficient (Wildman–Crippen LogP) is 7.12. The van der Waals surface area contributed by atoms with Gasteiger partial charge in [0, 0.05) is 17.7 Å². The number of allylic oxidation sites excluding steroid dienone is 1. The number of anilines is 1. The molecule has 1 N–H and O–H groups in total. The highest BCUT2D eigenvalue weighted by atomic mass is 19.4. The van der Waals surface area contributed by atoms with Crippen molar-refractivity contribution in [1.82, 2.24) is 0 Å². The molecule has 0 radical (unpaired) electrons. The molecule has 1 saturated heterocycles. The van der Waals surface area contributed by atoms with E-state index in [1.807, 2.05) is 30.3 Å². The molecule has 1 aliphatic heterocycles. The maximum atomic E-state index is 13.7. The number of carboxylic acid groups (broad SMARTS) is 1. The van der Waals surface area contributed by atoms with Crippen molar-refractivity contribution >= 4 is 23.1 Å². The van der Waals surface area contributed by atoms with Crippen LogP contribution in [0.15, 0.2) is 78.4 Å². The molecular weight excluding hydrogens is 495 g/mol. The lowest BCUT2D eigenvalue weighted by Crippen LogP contribution is -2.34. The Balaban J connectivity index is 1.56. The van der Waals surface area contributed by atoms with Crippen LogP contribution in [0.2, 0.25) is 0 Å². The number of amides is 1. The van der Waals surface area contributed by atoms with E-state index in [1.54, 1.807) is 17.0 Å². The molecule has 1 atom stereocenters. The second-order valence-electron chi connectivity index (χ2n) is 9.51. The number of benzene rings is 3. The first kappa shape index (κ1) is 25.6. The lowest BCUT2D eigenvalue weighted by Gasteiger charge is -2.28. The maximum absolute atomic E-state index is 13.7. The Morgan fingerprint density at radius 2 is 1.76 bits per heavy atom. The number of carbonyl (C=O) groups is 2. The Labute approximate surface area is 218 Å². The Morgan fingerprint density at radius 3 is 2.50 bits per heavy atom. The quantitative estimate of drug-likeness (QED) is 0.360. The molecule has 1 aliphatic carbocycles. The predicted molar refractivity (Wildman–Crippen MR) is 137 cm³/mol. The summed E-state index contributed by atoms with van der Waals surface area (Å²) in [6.45, 7) is 0.206. The Kier molecular flexibility index (Phi) is 6.97. The number of ether oxygens (including phenoxy) is 1. The molecule has 0 spiro atoms. The molecule has 38 heavy (non-hydrogen) atoms. The van der Waals surface area contributed by atoms with Gasteiger partial charge < -0.3 is 14.7 Å². The molecule has 5 nitrogen and oxygen atoms in total. The molecule has 3 aromatic rings. The fourth-order valence-corrected chi connectivity index (χ4v) is 5.37. The average Bonchev–Trinajstić information content (AvgIpc) is 3.54. The third-order valence-electron chi connectivity index (χ3n) is 7.12. The summed E-state index contributed by atoms with van der Waals surface area (Å²) in [6, 6.07) is 18.8. The molecular formula is C30H26F3NO4. The first-order valence-corrected chi connectivity index (χ1v) is 12.5. The number of rotatable bonds is 7. The molecule has 1 amide bonds. The highest BCUT2D eigenvalue weighted by molar-refractivity contribution is 5.99. The van der Waals surface area contributed by atoms with Gasteiger partial charge in [-0.25, -0.2) is 4.79 Å². The number of halogens is 3. The van der Waals surface area contributed by atoms with Crippen LogP contribution >= 0.6 is 0 Å². The van der Waals surface area contributed by atoms with Gasteiger partial charge in [-0.3, -0.25) is 4.79 Å². The minimum atomic E-state index is -4.52. The first-order valence-electron chi connectivity index (χ1n) is 12.5. The zero-order valence-electron chi connectivity index (χ0n) is 20.5. The molecule has 0 saturated carbocycles. The average molecular weight is 522 g/mol. The molecule has 1 unspecified atom stereocenters. The summed E-state index contributed by atoms with van der Waals surface area (Å²) in [7, 11) is 0. The number of alkyl halides is 3. The summed E-state index contributed by atoms with van der Waals surface area (Å²) in [4.78, 5) is 26.1. The fraction of sp³-hybridized carbons (Fsp3) is 0.267. The zero-order chi connectivity index (χ0) is 26.9. The van der Waals surface area contributed by atoms with Crippen molar-refractivity contribution < 1.29 is 32.6 Å². The van der Waals surface area contributed by atoms with E-state index in [1.165, 1.54) is 18.2 Å². The van der Waals surface area contributed by atoms with Crippen molar-refractivity contribution in [1.29, 1.82) is 0 Å². The molecule has 8 heteroatoms. The lowest BCUT2D eigenvalue weighted by molar-refractivity contribution is -0.137. The van der Waals surface area contributed by atoms with Gasteiger partial charge in [0.05, 0.1) is 17.2 Å². The van der Waals surface area contributed by atoms with E-state index >= 15 is 0 Å². The van der Waals surface area contributed by atoms with Crippen LogP contribution in [-0.4, -0.2) is 23.0 Å². The number of carboxylic acids is 1. The van der Waals surface area contributed by atoms with Crippen molar-refractivity contribution in [3.8, 4) is 5.75 Å². The van der Waals surface area contributed by atoms with E-state index in [0.29, 0.717) is 36.3 Å². The van der Waals surface area contributed by atoms with Gasteiger partial charge in [-0.1, -0.05) is 36.4 Å². The van der Waals surface area contributed by atoms with E-state index in [9.17, 15) is 27.9 Å². The van der Waals surface area contributed by atoms with Crippen LogP contribution in [0.4, 0.5) is 18.9 Å². The summed E-state index contributed by atoms with van der Waals surface area (Å²) in [5, 5.41) is 9.42. The summed E-state index contributed by atoms with van der Waals surface area (Å²) in [5.41, 5.74) is 2.73. The maximum Gasteiger partial charge on any atom is 0.416 e. The molecule has 0 aromatic heterocycles. The molecule has 3 aromatic carbocycles. The van der Waals surface area contributed by atoms with Crippen molar-refractivity contribution in [3.05, 3.63) is 101 Å². The summed E-state index contributed by atoms with van der Waals surface area (Å²) in [5.74, 6) is -0.874. The van der Waals surface area contributed by atoms with Crippen LogP contribution in [0.3, 0.4) is 0 Å². The second kappa shape index (κ2) is 10.4. The number of hydrogen-bond acceptors (Lipinski definition) is 3. The van der Waals surface area contributed by atoms with Crippen LogP contribution in [-0.2, 0) is 17.6 Å². The fourth-order valence-electron chi connectivity index (χ4n) is 5.37. The van der Waals surface area contributed by atoms with E-state index in [0.717, 1.165) is 35.3 Å². The van der Waals surface area contributed by atoms with Crippen LogP contribution in [0.5, 0.6) is 5.75 Å². The van der Waals surface area contributed by atoms with Gasteiger partial charge in [0.15, 0.2) is 0 Å². The zero-order valence-corrected chi connectivity index (χ0v) is 20.5.